The van der Waals surface area contributed by atoms with E-state index in [0.717, 1.165) is 6.08 Å². The van der Waals surface area contributed by atoms with Gasteiger partial charge in [0.15, 0.2) is 0 Å². The third kappa shape index (κ3) is 10.6. The summed E-state index contributed by atoms with van der Waals surface area (Å²) < 4.78 is 35.3. The molecule has 0 aliphatic heterocycles. The van der Waals surface area contributed by atoms with Crippen LogP contribution in [0.4, 0.5) is 0 Å². The highest BCUT2D eigenvalue weighted by Crippen LogP contribution is 2.17. The van der Waals surface area contributed by atoms with Crippen LogP contribution in [0.1, 0.15) is 26.7 Å². The van der Waals surface area contributed by atoms with Gasteiger partial charge in [-0.05, 0) is 26.7 Å². The van der Waals surface area contributed by atoms with Gasteiger partial charge in [0.1, 0.15) is 6.73 Å². The van der Waals surface area contributed by atoms with Crippen molar-refractivity contribution < 1.29 is 27.3 Å². The van der Waals surface area contributed by atoms with E-state index in [9.17, 15) is 13.2 Å². The molecule has 0 spiro atoms. The minimum atomic E-state index is -3.94. The average Bonchev–Trinajstić information content (AvgIpc) is 2.24. The first-order chi connectivity index (χ1) is 8.56. The van der Waals surface area contributed by atoms with Gasteiger partial charge in [-0.25, -0.2) is 4.79 Å². The number of hydrogen-bond acceptors (Lipinski definition) is 6. The molecule has 0 amide bonds. The molecule has 1 N–H and O–H groups in total. The lowest BCUT2D eigenvalue weighted by molar-refractivity contribution is -0.213. The summed E-state index contributed by atoms with van der Waals surface area (Å²) in [6.45, 7) is 6.86. The van der Waals surface area contributed by atoms with Crippen molar-refractivity contribution in [3.05, 3.63) is 12.7 Å². The van der Waals surface area contributed by atoms with Crippen molar-refractivity contribution >= 4 is 16.1 Å². The molecule has 0 saturated carbocycles. The SMILES string of the molecule is C=CC(=O)ON(C)COC(C)(C)CCCS(=O)(=O)O. The van der Waals surface area contributed by atoms with Gasteiger partial charge in [-0.1, -0.05) is 6.58 Å². The van der Waals surface area contributed by atoms with Crippen molar-refractivity contribution in [1.29, 1.82) is 0 Å². The van der Waals surface area contributed by atoms with Crippen molar-refractivity contribution in [2.75, 3.05) is 19.5 Å². The lowest BCUT2D eigenvalue weighted by Gasteiger charge is -2.27. The lowest BCUT2D eigenvalue weighted by atomic mass is 10.0. The summed E-state index contributed by atoms with van der Waals surface area (Å²) in [5, 5.41) is 1.20. The Kier molecular flexibility index (Phi) is 7.20. The van der Waals surface area contributed by atoms with Crippen LogP contribution in [0.3, 0.4) is 0 Å². The molecule has 0 aliphatic rings. The molecule has 0 atom stereocenters. The maximum atomic E-state index is 10.9. The number of carbonyl (C=O) groups excluding carboxylic acids is 1. The number of hydroxylamine groups is 2. The summed E-state index contributed by atoms with van der Waals surface area (Å²) in [5.41, 5.74) is -0.598. The van der Waals surface area contributed by atoms with Gasteiger partial charge >= 0.3 is 5.97 Å². The van der Waals surface area contributed by atoms with Crippen molar-refractivity contribution in [3.8, 4) is 0 Å². The molecule has 0 saturated heterocycles. The third-order valence-corrected chi connectivity index (χ3v) is 3.04. The molecular formula is C11H21NO6S. The first kappa shape index (κ1) is 18.0. The second-order valence-corrected chi connectivity index (χ2v) is 6.24. The van der Waals surface area contributed by atoms with E-state index >= 15 is 0 Å². The fraction of sp³-hybridized carbons (Fsp3) is 0.727. The van der Waals surface area contributed by atoms with E-state index in [4.69, 9.17) is 14.1 Å². The average molecular weight is 295 g/mol. The molecule has 0 aliphatic carbocycles. The molecule has 8 heteroatoms. The molecule has 0 fully saturated rings. The zero-order valence-corrected chi connectivity index (χ0v) is 12.3. The van der Waals surface area contributed by atoms with Gasteiger partial charge in [0.05, 0.1) is 11.4 Å². The van der Waals surface area contributed by atoms with Crippen LogP contribution < -0.4 is 0 Å². The van der Waals surface area contributed by atoms with Gasteiger partial charge in [-0.3, -0.25) is 4.55 Å². The molecule has 7 nitrogen and oxygen atoms in total. The Bertz CT molecular complexity index is 403. The zero-order valence-electron chi connectivity index (χ0n) is 11.5. The van der Waals surface area contributed by atoms with Crippen molar-refractivity contribution in [1.82, 2.24) is 5.06 Å². The van der Waals surface area contributed by atoms with E-state index in [-0.39, 0.29) is 18.9 Å². The summed E-state index contributed by atoms with van der Waals surface area (Å²) in [7, 11) is -2.42. The summed E-state index contributed by atoms with van der Waals surface area (Å²) >= 11 is 0. The predicted molar refractivity (Wildman–Crippen MR) is 69.7 cm³/mol. The Labute approximate surface area is 113 Å². The minimum absolute atomic E-state index is 0.0401. The van der Waals surface area contributed by atoms with E-state index < -0.39 is 21.7 Å². The summed E-state index contributed by atoms with van der Waals surface area (Å²) in [4.78, 5) is 15.7. The molecule has 0 radical (unpaired) electrons. The molecule has 0 bridgehead atoms. The summed E-state index contributed by atoms with van der Waals surface area (Å²) in [6, 6.07) is 0. The standard InChI is InChI=1S/C11H21NO6S/c1-5-10(13)18-12(4)9-17-11(2,3)7-6-8-19(14,15)16/h5H,1,6-9H2,2-4H3,(H,14,15,16). The van der Waals surface area contributed by atoms with E-state index in [2.05, 4.69) is 6.58 Å². The van der Waals surface area contributed by atoms with Gasteiger partial charge in [-0.15, -0.1) is 5.06 Å². The van der Waals surface area contributed by atoms with Crippen LogP contribution in [-0.2, 0) is 24.5 Å². The van der Waals surface area contributed by atoms with Crippen LogP contribution >= 0.6 is 0 Å². The topological polar surface area (TPSA) is 93.1 Å². The maximum Gasteiger partial charge on any atom is 0.349 e. The predicted octanol–water partition coefficient (Wildman–Crippen LogP) is 0.983. The largest absolute Gasteiger partial charge is 0.362 e. The molecule has 112 valence electrons. The van der Waals surface area contributed by atoms with Crippen LogP contribution in [0, 0.1) is 0 Å². The number of hydrogen-bond donors (Lipinski definition) is 1. The van der Waals surface area contributed by atoms with Gasteiger partial charge in [0.25, 0.3) is 10.1 Å². The highest BCUT2D eigenvalue weighted by molar-refractivity contribution is 7.85. The number of ether oxygens (including phenoxy) is 1. The highest BCUT2D eigenvalue weighted by Gasteiger charge is 2.20. The van der Waals surface area contributed by atoms with Gasteiger partial charge in [0, 0.05) is 13.1 Å². The second kappa shape index (κ2) is 7.59. The monoisotopic (exact) mass is 295 g/mol. The van der Waals surface area contributed by atoms with E-state index in [0.29, 0.717) is 6.42 Å². The van der Waals surface area contributed by atoms with Crippen LogP contribution in [0.25, 0.3) is 0 Å². The Morgan fingerprint density at radius 3 is 2.53 bits per heavy atom. The normalized spacial score (nSPS) is 12.5. The fourth-order valence-electron chi connectivity index (χ4n) is 1.24. The first-order valence-electron chi connectivity index (χ1n) is 5.70. The van der Waals surface area contributed by atoms with Crippen LogP contribution in [0.15, 0.2) is 12.7 Å². The molecule has 0 unspecified atom stereocenters. The first-order valence-corrected chi connectivity index (χ1v) is 7.31. The second-order valence-electron chi connectivity index (χ2n) is 4.67. The lowest BCUT2D eigenvalue weighted by Crippen LogP contribution is -2.33. The Morgan fingerprint density at radius 1 is 1.47 bits per heavy atom. The van der Waals surface area contributed by atoms with Crippen molar-refractivity contribution in [3.63, 3.8) is 0 Å². The van der Waals surface area contributed by atoms with Crippen LogP contribution in [0.5, 0.6) is 0 Å². The quantitative estimate of drug-likeness (QED) is 0.293. The Balaban J connectivity index is 4.02. The Hall–Kier alpha value is -0.960. The maximum absolute atomic E-state index is 10.9. The summed E-state index contributed by atoms with van der Waals surface area (Å²) in [5.74, 6) is -0.892. The van der Waals surface area contributed by atoms with E-state index in [1.807, 2.05) is 0 Å². The molecular weight excluding hydrogens is 274 g/mol. The molecule has 0 aromatic rings. The number of carbonyl (C=O) groups is 1. The third-order valence-electron chi connectivity index (χ3n) is 2.23. The molecule has 0 aromatic heterocycles. The highest BCUT2D eigenvalue weighted by atomic mass is 32.2. The van der Waals surface area contributed by atoms with Gasteiger partial charge < -0.3 is 9.57 Å². The van der Waals surface area contributed by atoms with E-state index in [1.165, 1.54) is 12.1 Å². The molecule has 0 heterocycles. The van der Waals surface area contributed by atoms with E-state index in [1.54, 1.807) is 13.8 Å². The number of rotatable bonds is 9. The molecule has 0 rings (SSSR count). The zero-order chi connectivity index (χ0) is 15.1. The molecule has 19 heavy (non-hydrogen) atoms. The van der Waals surface area contributed by atoms with Crippen molar-refractivity contribution in [2.24, 2.45) is 0 Å². The minimum Gasteiger partial charge on any atom is -0.362 e. The smallest absolute Gasteiger partial charge is 0.349 e. The van der Waals surface area contributed by atoms with Gasteiger partial charge in [-0.2, -0.15) is 8.42 Å². The van der Waals surface area contributed by atoms with Crippen LogP contribution in [-0.4, -0.2) is 49.1 Å². The van der Waals surface area contributed by atoms with Crippen molar-refractivity contribution in [2.45, 2.75) is 32.3 Å². The molecule has 0 aromatic carbocycles. The van der Waals surface area contributed by atoms with Gasteiger partial charge in [0.2, 0.25) is 0 Å². The summed E-state index contributed by atoms with van der Waals surface area (Å²) in [6.07, 6.45) is 1.76. The Morgan fingerprint density at radius 2 is 2.05 bits per heavy atom. The fourth-order valence-corrected chi connectivity index (χ4v) is 1.74. The number of nitrogens with zero attached hydrogens (tertiary/aromatic N) is 1. The van der Waals surface area contributed by atoms with Crippen LogP contribution in [0.2, 0.25) is 0 Å².